The second kappa shape index (κ2) is 7.20. The third-order valence-electron chi connectivity index (χ3n) is 3.87. The van der Waals surface area contributed by atoms with Crippen LogP contribution in [0.1, 0.15) is 21.6 Å². The molecule has 3 rings (SSSR count). The van der Waals surface area contributed by atoms with E-state index < -0.39 is 4.92 Å². The maximum Gasteiger partial charge on any atom is 0.271 e. The summed E-state index contributed by atoms with van der Waals surface area (Å²) in [5.74, 6) is 1.09. The summed E-state index contributed by atoms with van der Waals surface area (Å²) in [5.41, 5.74) is 2.04. The fourth-order valence-electron chi connectivity index (χ4n) is 2.45. The van der Waals surface area contributed by atoms with Crippen LogP contribution in [0.4, 0.5) is 17.3 Å². The van der Waals surface area contributed by atoms with Gasteiger partial charge in [-0.15, -0.1) is 0 Å². The van der Waals surface area contributed by atoms with E-state index in [2.05, 4.69) is 20.4 Å². The van der Waals surface area contributed by atoms with Gasteiger partial charge in [0, 0.05) is 30.1 Å². The molecule has 0 aliphatic rings. The minimum Gasteiger partial charge on any atom is -0.495 e. The number of ether oxygens (including phenoxy) is 1. The van der Waals surface area contributed by atoms with Gasteiger partial charge in [0.1, 0.15) is 5.75 Å². The summed E-state index contributed by atoms with van der Waals surface area (Å²) in [7, 11) is 1.46. The molecule has 138 valence electrons. The van der Waals surface area contributed by atoms with Crippen molar-refractivity contribution in [1.29, 1.82) is 0 Å². The number of aromatic nitrogens is 4. The number of carbonyl (C=O) groups excluding carboxylic acids is 1. The van der Waals surface area contributed by atoms with Gasteiger partial charge in [-0.2, -0.15) is 10.1 Å². The van der Waals surface area contributed by atoms with Crippen LogP contribution in [-0.2, 0) is 0 Å². The van der Waals surface area contributed by atoms with Crippen LogP contribution in [0, 0.1) is 24.0 Å². The van der Waals surface area contributed by atoms with E-state index in [4.69, 9.17) is 4.74 Å². The van der Waals surface area contributed by atoms with Crippen LogP contribution in [0.15, 0.2) is 30.6 Å². The van der Waals surface area contributed by atoms with Gasteiger partial charge in [0.05, 0.1) is 29.0 Å². The van der Waals surface area contributed by atoms with E-state index in [1.165, 1.54) is 30.0 Å². The first-order chi connectivity index (χ1) is 12.9. The van der Waals surface area contributed by atoms with Gasteiger partial charge < -0.3 is 10.1 Å². The van der Waals surface area contributed by atoms with Gasteiger partial charge in [0.25, 0.3) is 5.69 Å². The maximum absolute atomic E-state index is 11.1. The van der Waals surface area contributed by atoms with Gasteiger partial charge in [0.15, 0.2) is 12.1 Å². The quantitative estimate of drug-likeness (QED) is 0.400. The molecule has 2 heterocycles. The second-order valence-electron chi connectivity index (χ2n) is 5.70. The van der Waals surface area contributed by atoms with Gasteiger partial charge in [-0.05, 0) is 19.9 Å². The first-order valence-electron chi connectivity index (χ1n) is 7.88. The standard InChI is InChI=1S/C17H16N6O4/c1-10-7-18-17(20-16(10)22-8-12(9-24)11(2)21-22)19-14-6-13(23(25)26)4-5-15(14)27-3/h4-9H,1-3H3,(H,18,19,20). The molecule has 0 radical (unpaired) electrons. The van der Waals surface area contributed by atoms with Crippen LogP contribution in [-0.4, -0.2) is 38.1 Å². The minimum absolute atomic E-state index is 0.0936. The van der Waals surface area contributed by atoms with E-state index in [9.17, 15) is 14.9 Å². The van der Waals surface area contributed by atoms with Gasteiger partial charge in [-0.25, -0.2) is 9.67 Å². The molecule has 0 aliphatic heterocycles. The van der Waals surface area contributed by atoms with E-state index in [0.29, 0.717) is 28.5 Å². The van der Waals surface area contributed by atoms with Crippen molar-refractivity contribution in [3.8, 4) is 11.6 Å². The Labute approximate surface area is 154 Å². The Morgan fingerprint density at radius 1 is 1.33 bits per heavy atom. The SMILES string of the molecule is COc1ccc([N+](=O)[O-])cc1Nc1ncc(C)c(-n2cc(C=O)c(C)n2)n1. The number of rotatable bonds is 6. The molecule has 0 unspecified atom stereocenters. The van der Waals surface area contributed by atoms with Crippen LogP contribution < -0.4 is 10.1 Å². The zero-order valence-electron chi connectivity index (χ0n) is 14.8. The molecule has 2 aromatic heterocycles. The molecule has 10 heteroatoms. The number of aryl methyl sites for hydroxylation is 2. The van der Waals surface area contributed by atoms with Crippen LogP contribution in [0.5, 0.6) is 5.75 Å². The molecule has 0 spiro atoms. The minimum atomic E-state index is -0.500. The highest BCUT2D eigenvalue weighted by Gasteiger charge is 2.14. The third-order valence-corrected chi connectivity index (χ3v) is 3.87. The number of non-ortho nitro benzene ring substituents is 1. The van der Waals surface area contributed by atoms with Gasteiger partial charge in [-0.3, -0.25) is 14.9 Å². The highest BCUT2D eigenvalue weighted by Crippen LogP contribution is 2.30. The van der Waals surface area contributed by atoms with Crippen molar-refractivity contribution in [3.05, 3.63) is 57.5 Å². The summed E-state index contributed by atoms with van der Waals surface area (Å²) >= 11 is 0. The Hall–Kier alpha value is -3.82. The van der Waals surface area contributed by atoms with Gasteiger partial charge in [-0.1, -0.05) is 0 Å². The monoisotopic (exact) mass is 368 g/mol. The van der Waals surface area contributed by atoms with E-state index in [1.807, 2.05) is 6.92 Å². The summed E-state index contributed by atoms with van der Waals surface area (Å²) in [5, 5.41) is 18.2. The van der Waals surface area contributed by atoms with Crippen LogP contribution in [0.2, 0.25) is 0 Å². The molecule has 0 saturated carbocycles. The summed E-state index contributed by atoms with van der Waals surface area (Å²) in [6.45, 7) is 3.54. The normalized spacial score (nSPS) is 10.5. The van der Waals surface area contributed by atoms with E-state index >= 15 is 0 Å². The number of anilines is 2. The number of methoxy groups -OCH3 is 1. The molecule has 0 atom stereocenters. The predicted octanol–water partition coefficient (Wildman–Crippen LogP) is 2.75. The van der Waals surface area contributed by atoms with Crippen LogP contribution >= 0.6 is 0 Å². The lowest BCUT2D eigenvalue weighted by molar-refractivity contribution is -0.384. The Morgan fingerprint density at radius 3 is 2.74 bits per heavy atom. The Morgan fingerprint density at radius 2 is 2.11 bits per heavy atom. The van der Waals surface area contributed by atoms with Crippen molar-refractivity contribution in [2.24, 2.45) is 0 Å². The third kappa shape index (κ3) is 3.59. The van der Waals surface area contributed by atoms with Crippen molar-refractivity contribution in [2.75, 3.05) is 12.4 Å². The van der Waals surface area contributed by atoms with Crippen LogP contribution in [0.3, 0.4) is 0 Å². The number of hydrogen-bond donors (Lipinski definition) is 1. The fourth-order valence-corrected chi connectivity index (χ4v) is 2.45. The predicted molar refractivity (Wildman–Crippen MR) is 96.9 cm³/mol. The highest BCUT2D eigenvalue weighted by atomic mass is 16.6. The van der Waals surface area contributed by atoms with Gasteiger partial charge >= 0.3 is 0 Å². The molecular weight excluding hydrogens is 352 g/mol. The average Bonchev–Trinajstić information content (AvgIpc) is 3.03. The zero-order valence-corrected chi connectivity index (χ0v) is 14.8. The summed E-state index contributed by atoms with van der Waals surface area (Å²) < 4.78 is 6.72. The molecule has 1 aromatic carbocycles. The number of nitro benzene ring substituents is 1. The van der Waals surface area contributed by atoms with E-state index in [0.717, 1.165) is 11.8 Å². The lowest BCUT2D eigenvalue weighted by atomic mass is 10.2. The smallest absolute Gasteiger partial charge is 0.271 e. The van der Waals surface area contributed by atoms with Crippen molar-refractivity contribution >= 4 is 23.6 Å². The molecule has 1 N–H and O–H groups in total. The first-order valence-corrected chi connectivity index (χ1v) is 7.88. The number of hydrogen-bond acceptors (Lipinski definition) is 8. The first kappa shape index (κ1) is 18.0. The molecule has 0 amide bonds. The summed E-state index contributed by atoms with van der Waals surface area (Å²) in [4.78, 5) is 30.2. The lowest BCUT2D eigenvalue weighted by Crippen LogP contribution is -2.06. The molecule has 27 heavy (non-hydrogen) atoms. The van der Waals surface area contributed by atoms with Crippen molar-refractivity contribution in [3.63, 3.8) is 0 Å². The number of nitro groups is 1. The number of nitrogens with one attached hydrogen (secondary N) is 1. The zero-order chi connectivity index (χ0) is 19.6. The summed E-state index contributed by atoms with van der Waals surface area (Å²) in [6, 6.07) is 4.17. The number of nitrogens with zero attached hydrogens (tertiary/aromatic N) is 5. The lowest BCUT2D eigenvalue weighted by Gasteiger charge is -2.11. The highest BCUT2D eigenvalue weighted by molar-refractivity contribution is 5.76. The molecule has 3 aromatic rings. The molecule has 10 nitrogen and oxygen atoms in total. The molecule has 0 fully saturated rings. The largest absolute Gasteiger partial charge is 0.495 e. The fraction of sp³-hybridized carbons (Fsp3) is 0.176. The molecule has 0 aliphatic carbocycles. The Balaban J connectivity index is 2.00. The van der Waals surface area contributed by atoms with Gasteiger partial charge in [0.2, 0.25) is 5.95 Å². The second-order valence-corrected chi connectivity index (χ2v) is 5.70. The number of carbonyl (C=O) groups is 1. The number of benzene rings is 1. The molecule has 0 saturated heterocycles. The molecule has 0 bridgehead atoms. The number of aldehydes is 1. The van der Waals surface area contributed by atoms with Crippen molar-refractivity contribution in [2.45, 2.75) is 13.8 Å². The van der Waals surface area contributed by atoms with Crippen molar-refractivity contribution in [1.82, 2.24) is 19.7 Å². The Bertz CT molecular complexity index is 1030. The average molecular weight is 368 g/mol. The van der Waals surface area contributed by atoms with E-state index in [-0.39, 0.29) is 11.6 Å². The topological polar surface area (TPSA) is 125 Å². The summed E-state index contributed by atoms with van der Waals surface area (Å²) in [6.07, 6.45) is 3.89. The van der Waals surface area contributed by atoms with E-state index in [1.54, 1.807) is 19.3 Å². The molecular formula is C17H16N6O4. The Kier molecular flexibility index (Phi) is 4.79. The van der Waals surface area contributed by atoms with Crippen molar-refractivity contribution < 1.29 is 14.5 Å². The maximum atomic E-state index is 11.1. The van der Waals surface area contributed by atoms with Crippen LogP contribution in [0.25, 0.3) is 5.82 Å².